The molecule has 0 radical (unpaired) electrons. The van der Waals surface area contributed by atoms with E-state index in [1.54, 1.807) is 0 Å². The van der Waals surface area contributed by atoms with Gasteiger partial charge in [-0.3, -0.25) is 0 Å². The average Bonchev–Trinajstić information content (AvgIpc) is 3.77. The lowest BCUT2D eigenvalue weighted by atomic mass is 9.70. The highest BCUT2D eigenvalue weighted by Gasteiger charge is 2.52. The van der Waals surface area contributed by atoms with E-state index in [2.05, 4.69) is 205 Å². The Kier molecular flexibility index (Phi) is 7.47. The predicted octanol–water partition coefficient (Wildman–Crippen LogP) is 14.9. The quantitative estimate of drug-likeness (QED) is 0.170. The van der Waals surface area contributed by atoms with Gasteiger partial charge in [0.05, 0.1) is 5.41 Å². The zero-order valence-electron chi connectivity index (χ0n) is 32.3. The highest BCUT2D eigenvalue weighted by atomic mass is 15.1. The second-order valence-corrected chi connectivity index (χ2v) is 16.2. The first-order valence-electron chi connectivity index (χ1n) is 20.8. The molecule has 3 aliphatic carbocycles. The van der Waals surface area contributed by atoms with E-state index in [0.717, 1.165) is 23.5 Å². The molecule has 1 heteroatoms. The van der Waals surface area contributed by atoms with Crippen molar-refractivity contribution < 1.29 is 0 Å². The van der Waals surface area contributed by atoms with Crippen LogP contribution in [0.5, 0.6) is 0 Å². The summed E-state index contributed by atoms with van der Waals surface area (Å²) in [5.74, 6) is 0. The van der Waals surface area contributed by atoms with Crippen LogP contribution in [0.3, 0.4) is 0 Å². The van der Waals surface area contributed by atoms with Crippen molar-refractivity contribution in [2.24, 2.45) is 0 Å². The fraction of sp³-hybridized carbons (Fsp3) is 0.0877. The second kappa shape index (κ2) is 13.0. The molecule has 0 bridgehead atoms. The van der Waals surface area contributed by atoms with E-state index < -0.39 is 5.41 Å². The molecule has 0 unspecified atom stereocenters. The fourth-order valence-electron chi connectivity index (χ4n) is 10.8. The van der Waals surface area contributed by atoms with Gasteiger partial charge in [-0.1, -0.05) is 164 Å². The van der Waals surface area contributed by atoms with E-state index in [-0.39, 0.29) is 0 Å². The Bertz CT molecular complexity index is 3000. The van der Waals surface area contributed by atoms with Crippen LogP contribution in [0.25, 0.3) is 55.3 Å². The van der Waals surface area contributed by atoms with E-state index in [9.17, 15) is 0 Å². The molecule has 9 aromatic rings. The minimum absolute atomic E-state index is 0.447. The van der Waals surface area contributed by atoms with Gasteiger partial charge < -0.3 is 4.90 Å². The maximum absolute atomic E-state index is 2.51. The van der Waals surface area contributed by atoms with Crippen LogP contribution in [-0.2, 0) is 18.3 Å². The molecule has 1 spiro atoms. The smallest absolute Gasteiger partial charge is 0.0726 e. The average molecular weight is 740 g/mol. The van der Waals surface area contributed by atoms with Crippen LogP contribution in [0, 0.1) is 0 Å². The van der Waals surface area contributed by atoms with E-state index >= 15 is 0 Å². The summed E-state index contributed by atoms with van der Waals surface area (Å²) in [4.78, 5) is 2.46. The van der Waals surface area contributed by atoms with Crippen molar-refractivity contribution in [3.8, 4) is 44.5 Å². The van der Waals surface area contributed by atoms with Gasteiger partial charge in [-0.2, -0.15) is 0 Å². The van der Waals surface area contributed by atoms with Crippen molar-refractivity contribution in [3.05, 3.63) is 234 Å². The minimum Gasteiger partial charge on any atom is -0.310 e. The maximum atomic E-state index is 2.51. The van der Waals surface area contributed by atoms with Crippen molar-refractivity contribution in [2.75, 3.05) is 4.90 Å². The lowest BCUT2D eigenvalue weighted by molar-refractivity contribution is 0.687. The number of fused-ring (bicyclic) bond motifs is 13. The van der Waals surface area contributed by atoms with Crippen LogP contribution in [0.15, 0.2) is 200 Å². The summed E-state index contributed by atoms with van der Waals surface area (Å²) < 4.78 is 0. The van der Waals surface area contributed by atoms with Gasteiger partial charge in [0.25, 0.3) is 0 Å². The van der Waals surface area contributed by atoms with Gasteiger partial charge in [-0.15, -0.1) is 0 Å². The Labute approximate surface area is 340 Å². The van der Waals surface area contributed by atoms with Crippen LogP contribution in [-0.4, -0.2) is 0 Å². The van der Waals surface area contributed by atoms with Crippen molar-refractivity contribution >= 4 is 27.8 Å². The van der Waals surface area contributed by atoms with Crippen molar-refractivity contribution in [1.29, 1.82) is 0 Å². The Morgan fingerprint density at radius 3 is 1.72 bits per heavy atom. The summed E-state index contributed by atoms with van der Waals surface area (Å²) in [5, 5.41) is 2.58. The highest BCUT2D eigenvalue weighted by molar-refractivity contribution is 6.06. The molecule has 0 saturated carbocycles. The topological polar surface area (TPSA) is 3.24 Å². The van der Waals surface area contributed by atoms with Gasteiger partial charge in [0.1, 0.15) is 0 Å². The largest absolute Gasteiger partial charge is 0.310 e. The summed E-state index contributed by atoms with van der Waals surface area (Å²) in [6.07, 6.45) is 4.90. The standard InChI is InChI=1S/C57H41N/c1-2-13-38(14-3-1)39-25-30-43(31-26-39)58(44-32-27-42(28-33-44)47-22-12-17-40-15-4-6-18-46(40)47)45-34-35-51-55(37-45)57(54-36-29-41-16-5-7-19-48(41)56(51)54)52-23-10-8-20-49(52)50-21-9-11-24-53(50)57/h1-3,5,7-14,16-17,19-37H,4,6,15,18H2. The van der Waals surface area contributed by atoms with Crippen molar-refractivity contribution in [2.45, 2.75) is 31.1 Å². The molecule has 274 valence electrons. The monoisotopic (exact) mass is 739 g/mol. The molecule has 0 fully saturated rings. The maximum Gasteiger partial charge on any atom is 0.0726 e. The fourth-order valence-corrected chi connectivity index (χ4v) is 10.8. The molecule has 0 amide bonds. The minimum atomic E-state index is -0.447. The van der Waals surface area contributed by atoms with Gasteiger partial charge >= 0.3 is 0 Å². The summed E-state index contributed by atoms with van der Waals surface area (Å²) in [6, 6.07) is 75.1. The number of hydrogen-bond donors (Lipinski definition) is 0. The zero-order chi connectivity index (χ0) is 38.2. The Balaban J connectivity index is 1.08. The normalized spacial score (nSPS) is 14.1. The van der Waals surface area contributed by atoms with Crippen LogP contribution in [0.1, 0.15) is 46.2 Å². The van der Waals surface area contributed by atoms with Crippen LogP contribution in [0.4, 0.5) is 17.1 Å². The summed E-state index contributed by atoms with van der Waals surface area (Å²) in [5.41, 5.74) is 21.8. The molecule has 12 rings (SSSR count). The first-order chi connectivity index (χ1) is 28.8. The molecule has 3 aliphatic rings. The number of anilines is 3. The third-order valence-electron chi connectivity index (χ3n) is 13.3. The zero-order valence-corrected chi connectivity index (χ0v) is 32.3. The molecule has 0 N–H and O–H groups in total. The van der Waals surface area contributed by atoms with Gasteiger partial charge in [-0.05, 0) is 151 Å². The van der Waals surface area contributed by atoms with Crippen LogP contribution < -0.4 is 4.90 Å². The van der Waals surface area contributed by atoms with Gasteiger partial charge in [0.2, 0.25) is 0 Å². The van der Waals surface area contributed by atoms with Crippen LogP contribution >= 0.6 is 0 Å². The first-order valence-corrected chi connectivity index (χ1v) is 20.8. The molecule has 0 atom stereocenters. The summed E-state index contributed by atoms with van der Waals surface area (Å²) >= 11 is 0. The van der Waals surface area contributed by atoms with Gasteiger partial charge in [0, 0.05) is 17.1 Å². The summed E-state index contributed by atoms with van der Waals surface area (Å²) in [7, 11) is 0. The molecule has 0 saturated heterocycles. The highest BCUT2D eigenvalue weighted by Crippen LogP contribution is 2.64. The van der Waals surface area contributed by atoms with Gasteiger partial charge in [-0.25, -0.2) is 0 Å². The van der Waals surface area contributed by atoms with Crippen LogP contribution in [0.2, 0.25) is 0 Å². The number of rotatable bonds is 5. The van der Waals surface area contributed by atoms with E-state index in [1.165, 1.54) is 108 Å². The van der Waals surface area contributed by atoms with Gasteiger partial charge in [0.15, 0.2) is 0 Å². The molecule has 9 aromatic carbocycles. The molecule has 1 nitrogen and oxygen atoms in total. The molecular weight excluding hydrogens is 699 g/mol. The Morgan fingerprint density at radius 1 is 0.362 bits per heavy atom. The van der Waals surface area contributed by atoms with E-state index in [1.807, 2.05) is 0 Å². The third-order valence-corrected chi connectivity index (χ3v) is 13.3. The Hall–Kier alpha value is -6.96. The SMILES string of the molecule is c1ccc(-c2ccc(N(c3ccc(-c4cccc5c4CCCC5)cc3)c3ccc4c(c3)C3(c5ccccc5-c5ccccc53)c3ccc5ccccc5c3-4)cc2)cc1. The molecular formula is C57H41N. The first kappa shape index (κ1) is 33.2. The number of benzene rings is 9. The predicted molar refractivity (Wildman–Crippen MR) is 242 cm³/mol. The second-order valence-electron chi connectivity index (χ2n) is 16.2. The number of nitrogens with zero attached hydrogens (tertiary/aromatic N) is 1. The molecule has 0 aromatic heterocycles. The van der Waals surface area contributed by atoms with E-state index in [0.29, 0.717) is 0 Å². The molecule has 58 heavy (non-hydrogen) atoms. The van der Waals surface area contributed by atoms with Crippen molar-refractivity contribution in [1.82, 2.24) is 0 Å². The Morgan fingerprint density at radius 2 is 0.966 bits per heavy atom. The lowest BCUT2D eigenvalue weighted by Gasteiger charge is -2.32. The van der Waals surface area contributed by atoms with Crippen molar-refractivity contribution in [3.63, 3.8) is 0 Å². The summed E-state index contributed by atoms with van der Waals surface area (Å²) in [6.45, 7) is 0. The van der Waals surface area contributed by atoms with E-state index in [4.69, 9.17) is 0 Å². The number of aryl methyl sites for hydroxylation is 1. The molecule has 0 heterocycles. The molecule has 0 aliphatic heterocycles. The number of hydrogen-bond acceptors (Lipinski definition) is 1. The lowest BCUT2D eigenvalue weighted by Crippen LogP contribution is -2.26. The third kappa shape index (κ3) is 4.83.